The summed E-state index contributed by atoms with van der Waals surface area (Å²) in [6, 6.07) is 5.13. The first-order valence-corrected chi connectivity index (χ1v) is 9.32. The van der Waals surface area contributed by atoms with Crippen LogP contribution in [0.15, 0.2) is 28.2 Å². The van der Waals surface area contributed by atoms with Crippen molar-refractivity contribution in [2.45, 2.75) is 24.5 Å². The fraction of sp³-hybridized carbons (Fsp3) is 0.375. The van der Waals surface area contributed by atoms with Gasteiger partial charge in [0.1, 0.15) is 0 Å². The van der Waals surface area contributed by atoms with Crippen molar-refractivity contribution in [1.29, 1.82) is 0 Å². The lowest BCUT2D eigenvalue weighted by Crippen LogP contribution is -2.17. The molecule has 1 aromatic carbocycles. The summed E-state index contributed by atoms with van der Waals surface area (Å²) >= 11 is 1.28. The van der Waals surface area contributed by atoms with Gasteiger partial charge in [0, 0.05) is 17.9 Å². The number of imidazole rings is 1. The molecule has 9 nitrogen and oxygen atoms in total. The van der Waals surface area contributed by atoms with Crippen LogP contribution in [0, 0.1) is 5.92 Å². The summed E-state index contributed by atoms with van der Waals surface area (Å²) in [5.41, 5.74) is 1.71. The lowest BCUT2D eigenvalue weighted by Gasteiger charge is -2.04. The van der Waals surface area contributed by atoms with Gasteiger partial charge in [0.15, 0.2) is 0 Å². The molecule has 0 saturated heterocycles. The number of hydrogen-bond donors (Lipinski definition) is 4. The van der Waals surface area contributed by atoms with E-state index >= 15 is 0 Å². The fourth-order valence-corrected chi connectivity index (χ4v) is 3.27. The maximum atomic E-state index is 12.4. The van der Waals surface area contributed by atoms with Gasteiger partial charge in [-0.15, -0.1) is 5.10 Å². The number of aliphatic hydroxyl groups is 1. The number of rotatable bonds is 7. The Kier molecular flexibility index (Phi) is 4.51. The van der Waals surface area contributed by atoms with Crippen LogP contribution in [0.3, 0.4) is 0 Å². The number of fused-ring (bicyclic) bond motifs is 1. The first kappa shape index (κ1) is 16.9. The van der Waals surface area contributed by atoms with Crippen LogP contribution in [0.2, 0.25) is 0 Å². The summed E-state index contributed by atoms with van der Waals surface area (Å²) in [6.07, 6.45) is 2.32. The van der Waals surface area contributed by atoms with Crippen LogP contribution in [0.25, 0.3) is 11.0 Å². The van der Waals surface area contributed by atoms with Gasteiger partial charge in [0.05, 0.1) is 17.6 Å². The molecule has 2 aromatic heterocycles. The van der Waals surface area contributed by atoms with Crippen molar-refractivity contribution < 1.29 is 9.90 Å². The average Bonchev–Trinajstić information content (AvgIpc) is 3.26. The van der Waals surface area contributed by atoms with E-state index in [0.717, 1.165) is 24.9 Å². The maximum absolute atomic E-state index is 12.4. The van der Waals surface area contributed by atoms with Crippen molar-refractivity contribution >= 4 is 34.7 Å². The van der Waals surface area contributed by atoms with Gasteiger partial charge in [-0.2, -0.15) is 4.98 Å². The number of nitrogens with one attached hydrogen (secondary N) is 3. The molecule has 3 aromatic rings. The summed E-state index contributed by atoms with van der Waals surface area (Å²) in [4.78, 5) is 31.5. The molecule has 10 heteroatoms. The predicted octanol–water partition coefficient (Wildman–Crippen LogP) is 1.19. The van der Waals surface area contributed by atoms with Gasteiger partial charge in [0.25, 0.3) is 5.91 Å². The number of aliphatic hydroxyl groups excluding tert-OH is 1. The van der Waals surface area contributed by atoms with Gasteiger partial charge < -0.3 is 10.1 Å². The van der Waals surface area contributed by atoms with E-state index < -0.39 is 0 Å². The minimum Gasteiger partial charge on any atom is -0.396 e. The molecule has 0 radical (unpaired) electrons. The molecule has 0 unspecified atom stereocenters. The number of benzene rings is 1. The summed E-state index contributed by atoms with van der Waals surface area (Å²) in [5.74, 6) is 0.944. The van der Waals surface area contributed by atoms with E-state index in [1.165, 1.54) is 11.8 Å². The molecule has 1 saturated carbocycles. The Labute approximate surface area is 152 Å². The highest BCUT2D eigenvalue weighted by molar-refractivity contribution is 7.99. The van der Waals surface area contributed by atoms with Crippen LogP contribution in [-0.2, 0) is 6.54 Å². The molecule has 1 aliphatic carbocycles. The second-order valence-corrected chi connectivity index (χ2v) is 7.27. The zero-order chi connectivity index (χ0) is 18.1. The lowest BCUT2D eigenvalue weighted by atomic mass is 10.2. The first-order chi connectivity index (χ1) is 12.6. The molecular formula is C16H18N6O3S. The van der Waals surface area contributed by atoms with Crippen LogP contribution >= 0.6 is 11.8 Å². The molecule has 1 amide bonds. The minimum absolute atomic E-state index is 0.0273. The molecule has 2 heterocycles. The van der Waals surface area contributed by atoms with E-state index in [1.807, 2.05) is 0 Å². The van der Waals surface area contributed by atoms with Crippen molar-refractivity contribution in [3.05, 3.63) is 34.2 Å². The summed E-state index contributed by atoms with van der Waals surface area (Å²) in [5, 5.41) is 18.5. The van der Waals surface area contributed by atoms with Crippen molar-refractivity contribution in [3.8, 4) is 0 Å². The molecule has 4 N–H and O–H groups in total. The monoisotopic (exact) mass is 374 g/mol. The van der Waals surface area contributed by atoms with Crippen LogP contribution in [-0.4, -0.2) is 48.1 Å². The number of hydrogen-bond acceptors (Lipinski definition) is 6. The molecule has 26 heavy (non-hydrogen) atoms. The van der Waals surface area contributed by atoms with Gasteiger partial charge in [0.2, 0.25) is 11.1 Å². The molecule has 1 fully saturated rings. The lowest BCUT2D eigenvalue weighted by molar-refractivity contribution is 0.102. The summed E-state index contributed by atoms with van der Waals surface area (Å²) in [6.45, 7) is 0.746. The number of carbonyl (C=O) groups excluding carboxylic acids is 1. The number of thioether (sulfide) groups is 1. The van der Waals surface area contributed by atoms with Gasteiger partial charge in [-0.1, -0.05) is 11.8 Å². The third kappa shape index (κ3) is 3.51. The van der Waals surface area contributed by atoms with E-state index in [4.69, 9.17) is 5.11 Å². The Bertz CT molecular complexity index is 1000. The van der Waals surface area contributed by atoms with E-state index in [9.17, 15) is 9.59 Å². The summed E-state index contributed by atoms with van der Waals surface area (Å²) < 4.78 is 1.73. The van der Waals surface area contributed by atoms with Crippen LogP contribution in [0.5, 0.6) is 0 Å². The van der Waals surface area contributed by atoms with Crippen molar-refractivity contribution in [2.24, 2.45) is 5.92 Å². The quantitative estimate of drug-likeness (QED) is 0.460. The highest BCUT2D eigenvalue weighted by Gasteiger charge is 2.23. The molecule has 0 atom stereocenters. The Morgan fingerprint density at radius 2 is 2.27 bits per heavy atom. The van der Waals surface area contributed by atoms with E-state index in [0.29, 0.717) is 27.9 Å². The Hall–Kier alpha value is -2.59. The number of aromatic nitrogens is 5. The predicted molar refractivity (Wildman–Crippen MR) is 97.4 cm³/mol. The number of amides is 1. The molecular weight excluding hydrogens is 356 g/mol. The number of anilines is 1. The van der Waals surface area contributed by atoms with Crippen LogP contribution < -0.4 is 11.0 Å². The van der Waals surface area contributed by atoms with Gasteiger partial charge in [-0.25, -0.2) is 9.89 Å². The fourth-order valence-electron chi connectivity index (χ4n) is 2.73. The molecule has 4 rings (SSSR count). The van der Waals surface area contributed by atoms with Crippen molar-refractivity contribution in [2.75, 3.05) is 17.7 Å². The number of aromatic amines is 2. The number of nitrogens with zero attached hydrogens (tertiary/aromatic N) is 3. The normalized spacial score (nSPS) is 14.0. The van der Waals surface area contributed by atoms with E-state index in [1.54, 1.807) is 22.8 Å². The van der Waals surface area contributed by atoms with Gasteiger partial charge >= 0.3 is 5.69 Å². The minimum atomic E-state index is -0.349. The van der Waals surface area contributed by atoms with Gasteiger partial charge in [-0.05, 0) is 37.0 Å². The third-order valence-electron chi connectivity index (χ3n) is 4.19. The smallest absolute Gasteiger partial charge is 0.326 e. The second-order valence-electron chi connectivity index (χ2n) is 6.21. The molecule has 1 aliphatic rings. The maximum Gasteiger partial charge on any atom is 0.326 e. The Balaban J connectivity index is 1.51. The SMILES string of the molecule is O=C(Nc1nc(SCCO)n[nH]1)c1ccc2c(c1)[nH]c(=O)n2CC1CC1. The number of carbonyl (C=O) groups is 1. The third-order valence-corrected chi connectivity index (χ3v) is 5.02. The molecule has 136 valence electrons. The van der Waals surface area contributed by atoms with Gasteiger partial charge in [-0.3, -0.25) is 14.7 Å². The van der Waals surface area contributed by atoms with Crippen LogP contribution in [0.1, 0.15) is 23.2 Å². The highest BCUT2D eigenvalue weighted by Crippen LogP contribution is 2.31. The molecule has 0 aliphatic heterocycles. The zero-order valence-corrected chi connectivity index (χ0v) is 14.7. The van der Waals surface area contributed by atoms with E-state index in [2.05, 4.69) is 25.5 Å². The van der Waals surface area contributed by atoms with E-state index in [-0.39, 0.29) is 24.2 Å². The standard InChI is InChI=1S/C16H18N6O3S/c23-5-6-26-15-19-14(20-21-15)18-13(24)10-3-4-12-11(7-10)17-16(25)22(12)8-9-1-2-9/h3-4,7,9,23H,1-2,5-6,8H2,(H,17,25)(H2,18,19,20,21,24). The Morgan fingerprint density at radius 1 is 1.42 bits per heavy atom. The molecule has 0 bridgehead atoms. The number of H-pyrrole nitrogens is 2. The highest BCUT2D eigenvalue weighted by atomic mass is 32.2. The zero-order valence-electron chi connectivity index (χ0n) is 13.9. The molecule has 0 spiro atoms. The van der Waals surface area contributed by atoms with Crippen LogP contribution in [0.4, 0.5) is 5.95 Å². The summed E-state index contributed by atoms with van der Waals surface area (Å²) in [7, 11) is 0. The average molecular weight is 374 g/mol. The first-order valence-electron chi connectivity index (χ1n) is 8.34. The van der Waals surface area contributed by atoms with Crippen molar-refractivity contribution in [1.82, 2.24) is 24.7 Å². The largest absolute Gasteiger partial charge is 0.396 e. The second kappa shape index (κ2) is 6.96. The Morgan fingerprint density at radius 3 is 3.04 bits per heavy atom. The van der Waals surface area contributed by atoms with Crippen molar-refractivity contribution in [3.63, 3.8) is 0 Å². The topological polar surface area (TPSA) is 129 Å².